The Kier molecular flexibility index (Phi) is 5.43. The zero-order chi connectivity index (χ0) is 19.6. The Balaban J connectivity index is 1.62. The van der Waals surface area contributed by atoms with Crippen molar-refractivity contribution in [1.82, 2.24) is 10.1 Å². The Labute approximate surface area is 164 Å². The third kappa shape index (κ3) is 4.61. The van der Waals surface area contributed by atoms with Crippen molar-refractivity contribution < 1.29 is 18.8 Å². The lowest BCUT2D eigenvalue weighted by molar-refractivity contribution is -0.123. The fourth-order valence-electron chi connectivity index (χ4n) is 2.06. The predicted octanol–water partition coefficient (Wildman–Crippen LogP) is 4.51. The number of thiophene rings is 2. The Morgan fingerprint density at radius 3 is 2.78 bits per heavy atom. The summed E-state index contributed by atoms with van der Waals surface area (Å²) in [5, 5.41) is 11.1. The number of esters is 1. The van der Waals surface area contributed by atoms with Crippen molar-refractivity contribution in [3.05, 3.63) is 39.2 Å². The first-order valence-corrected chi connectivity index (χ1v) is 9.94. The molecule has 9 heteroatoms. The number of anilines is 1. The van der Waals surface area contributed by atoms with Gasteiger partial charge in [0.1, 0.15) is 4.88 Å². The molecule has 1 amide bonds. The maximum Gasteiger partial charge on any atom is 0.349 e. The SMILES string of the molecule is Cc1cc(NC(=O)C(C)(C)C)sc1C(=O)OCc1noc(-c2ccsc2)n1. The second-order valence-electron chi connectivity index (χ2n) is 6.93. The van der Waals surface area contributed by atoms with Crippen LogP contribution < -0.4 is 5.32 Å². The Hall–Kier alpha value is -2.52. The van der Waals surface area contributed by atoms with E-state index in [1.165, 1.54) is 22.7 Å². The maximum atomic E-state index is 12.4. The van der Waals surface area contributed by atoms with Crippen LogP contribution in [0.4, 0.5) is 5.00 Å². The van der Waals surface area contributed by atoms with Crippen LogP contribution in [0, 0.1) is 12.3 Å². The van der Waals surface area contributed by atoms with Gasteiger partial charge in [0.2, 0.25) is 11.7 Å². The smallest absolute Gasteiger partial charge is 0.349 e. The number of nitrogens with zero attached hydrogens (tertiary/aromatic N) is 2. The van der Waals surface area contributed by atoms with Crippen molar-refractivity contribution in [2.45, 2.75) is 34.3 Å². The molecule has 1 N–H and O–H groups in total. The molecule has 27 heavy (non-hydrogen) atoms. The number of ether oxygens (including phenoxy) is 1. The molecule has 3 heterocycles. The normalized spacial score (nSPS) is 11.4. The minimum atomic E-state index is -0.517. The summed E-state index contributed by atoms with van der Waals surface area (Å²) < 4.78 is 10.4. The Morgan fingerprint density at radius 2 is 2.11 bits per heavy atom. The van der Waals surface area contributed by atoms with Gasteiger partial charge in [0.25, 0.3) is 5.89 Å². The van der Waals surface area contributed by atoms with E-state index in [1.54, 1.807) is 13.0 Å². The highest BCUT2D eigenvalue weighted by Crippen LogP contribution is 2.29. The van der Waals surface area contributed by atoms with Crippen LogP contribution >= 0.6 is 22.7 Å². The van der Waals surface area contributed by atoms with Gasteiger partial charge in [-0.15, -0.1) is 11.3 Å². The topological polar surface area (TPSA) is 94.3 Å². The van der Waals surface area contributed by atoms with Gasteiger partial charge in [-0.25, -0.2) is 4.79 Å². The zero-order valence-electron chi connectivity index (χ0n) is 15.4. The number of carbonyl (C=O) groups is 2. The monoisotopic (exact) mass is 405 g/mol. The molecule has 7 nitrogen and oxygen atoms in total. The molecule has 0 bridgehead atoms. The summed E-state index contributed by atoms with van der Waals surface area (Å²) in [6.07, 6.45) is 0. The lowest BCUT2D eigenvalue weighted by atomic mass is 9.96. The van der Waals surface area contributed by atoms with Gasteiger partial charge in [0.05, 0.1) is 10.6 Å². The first-order chi connectivity index (χ1) is 12.7. The number of carbonyl (C=O) groups excluding carboxylic acids is 2. The molecule has 0 saturated carbocycles. The molecular weight excluding hydrogens is 386 g/mol. The van der Waals surface area contributed by atoms with E-state index in [4.69, 9.17) is 9.26 Å². The first-order valence-electron chi connectivity index (χ1n) is 8.18. The molecule has 0 fully saturated rings. The molecule has 3 rings (SSSR count). The van der Waals surface area contributed by atoms with E-state index in [0.717, 1.165) is 11.1 Å². The van der Waals surface area contributed by atoms with Crippen LogP contribution in [0.2, 0.25) is 0 Å². The van der Waals surface area contributed by atoms with Crippen molar-refractivity contribution in [3.8, 4) is 11.5 Å². The maximum absolute atomic E-state index is 12.4. The Bertz CT molecular complexity index is 952. The molecule has 0 aliphatic rings. The van der Waals surface area contributed by atoms with E-state index in [2.05, 4.69) is 15.5 Å². The van der Waals surface area contributed by atoms with Gasteiger partial charge >= 0.3 is 5.97 Å². The number of aromatic nitrogens is 2. The molecule has 0 saturated heterocycles. The van der Waals surface area contributed by atoms with Crippen LogP contribution in [-0.2, 0) is 16.1 Å². The van der Waals surface area contributed by atoms with Gasteiger partial charge in [-0.2, -0.15) is 16.3 Å². The van der Waals surface area contributed by atoms with E-state index < -0.39 is 11.4 Å². The summed E-state index contributed by atoms with van der Waals surface area (Å²) in [6, 6.07) is 3.63. The fourth-order valence-corrected chi connectivity index (χ4v) is 3.65. The molecule has 0 radical (unpaired) electrons. The number of nitrogens with one attached hydrogen (secondary N) is 1. The van der Waals surface area contributed by atoms with E-state index in [9.17, 15) is 9.59 Å². The third-order valence-corrected chi connectivity index (χ3v) is 5.41. The quantitative estimate of drug-likeness (QED) is 0.628. The lowest BCUT2D eigenvalue weighted by Crippen LogP contribution is -2.27. The molecule has 0 aromatic carbocycles. The third-order valence-electron chi connectivity index (χ3n) is 3.59. The van der Waals surface area contributed by atoms with E-state index in [1.807, 2.05) is 37.6 Å². The van der Waals surface area contributed by atoms with Crippen LogP contribution in [-0.4, -0.2) is 22.0 Å². The number of amides is 1. The number of hydrogen-bond acceptors (Lipinski definition) is 8. The number of hydrogen-bond donors (Lipinski definition) is 1. The van der Waals surface area contributed by atoms with E-state index in [0.29, 0.717) is 21.6 Å². The van der Waals surface area contributed by atoms with Gasteiger partial charge in [-0.1, -0.05) is 25.9 Å². The number of rotatable bonds is 5. The minimum Gasteiger partial charge on any atom is -0.453 e. The fraction of sp³-hybridized carbons (Fsp3) is 0.333. The van der Waals surface area contributed by atoms with Crippen molar-refractivity contribution in [2.24, 2.45) is 5.41 Å². The second kappa shape index (κ2) is 7.61. The van der Waals surface area contributed by atoms with Crippen LogP contribution in [0.25, 0.3) is 11.5 Å². The summed E-state index contributed by atoms with van der Waals surface area (Å²) in [5.41, 5.74) is 1.05. The molecule has 142 valence electrons. The second-order valence-corrected chi connectivity index (χ2v) is 8.76. The van der Waals surface area contributed by atoms with Gasteiger partial charge < -0.3 is 14.6 Å². The zero-order valence-corrected chi connectivity index (χ0v) is 17.0. The van der Waals surface area contributed by atoms with Crippen LogP contribution in [0.3, 0.4) is 0 Å². The summed E-state index contributed by atoms with van der Waals surface area (Å²) in [5.74, 6) is 0.0777. The Morgan fingerprint density at radius 1 is 1.33 bits per heavy atom. The molecule has 0 aliphatic heterocycles. The average molecular weight is 406 g/mol. The molecular formula is C18H19N3O4S2. The predicted molar refractivity (Wildman–Crippen MR) is 104 cm³/mol. The van der Waals surface area contributed by atoms with Crippen molar-refractivity contribution in [2.75, 3.05) is 5.32 Å². The van der Waals surface area contributed by atoms with E-state index in [-0.39, 0.29) is 12.5 Å². The number of aryl methyl sites for hydroxylation is 1. The van der Waals surface area contributed by atoms with Crippen molar-refractivity contribution in [3.63, 3.8) is 0 Å². The molecule has 0 atom stereocenters. The van der Waals surface area contributed by atoms with Crippen LogP contribution in [0.5, 0.6) is 0 Å². The summed E-state index contributed by atoms with van der Waals surface area (Å²) in [4.78, 5) is 29.1. The standard InChI is InChI=1S/C18H19N3O4S2/c1-10-7-13(20-17(23)18(2,3)4)27-14(10)16(22)24-8-12-19-15(25-21-12)11-5-6-26-9-11/h5-7,9H,8H2,1-4H3,(H,20,23). The largest absolute Gasteiger partial charge is 0.453 e. The summed E-state index contributed by atoms with van der Waals surface area (Å²) >= 11 is 2.71. The van der Waals surface area contributed by atoms with Gasteiger partial charge in [0.15, 0.2) is 6.61 Å². The van der Waals surface area contributed by atoms with Gasteiger partial charge in [-0.05, 0) is 30.0 Å². The van der Waals surface area contributed by atoms with Crippen LogP contribution in [0.1, 0.15) is 41.8 Å². The first kappa shape index (κ1) is 19.2. The molecule has 0 spiro atoms. The average Bonchev–Trinajstić information content (AvgIpc) is 3.32. The highest BCUT2D eigenvalue weighted by Gasteiger charge is 2.23. The highest BCUT2D eigenvalue weighted by atomic mass is 32.1. The highest BCUT2D eigenvalue weighted by molar-refractivity contribution is 7.18. The molecule has 0 unspecified atom stereocenters. The van der Waals surface area contributed by atoms with Crippen molar-refractivity contribution in [1.29, 1.82) is 0 Å². The van der Waals surface area contributed by atoms with Crippen LogP contribution in [0.15, 0.2) is 27.4 Å². The van der Waals surface area contributed by atoms with Gasteiger partial charge in [0, 0.05) is 10.8 Å². The van der Waals surface area contributed by atoms with Crippen molar-refractivity contribution >= 4 is 39.6 Å². The van der Waals surface area contributed by atoms with Gasteiger partial charge in [-0.3, -0.25) is 4.79 Å². The molecule has 3 aromatic heterocycles. The lowest BCUT2D eigenvalue weighted by Gasteiger charge is -2.16. The molecule has 0 aliphatic carbocycles. The molecule has 3 aromatic rings. The summed E-state index contributed by atoms with van der Waals surface area (Å²) in [7, 11) is 0. The summed E-state index contributed by atoms with van der Waals surface area (Å²) in [6.45, 7) is 7.18. The van der Waals surface area contributed by atoms with E-state index >= 15 is 0 Å². The minimum absolute atomic E-state index is 0.0898.